The third-order valence-corrected chi connectivity index (χ3v) is 5.04. The van der Waals surface area contributed by atoms with E-state index in [1.165, 1.54) is 0 Å². The highest BCUT2D eigenvalue weighted by Crippen LogP contribution is 2.16. The van der Waals surface area contributed by atoms with Gasteiger partial charge in [-0.05, 0) is 50.8 Å². The van der Waals surface area contributed by atoms with E-state index in [1.54, 1.807) is 27.2 Å². The number of rotatable bonds is 19. The molecule has 8 heteroatoms. The van der Waals surface area contributed by atoms with Crippen molar-refractivity contribution in [2.75, 3.05) is 34.2 Å². The first-order valence-corrected chi connectivity index (χ1v) is 11.3. The lowest BCUT2D eigenvalue weighted by atomic mass is 10.1. The molecule has 0 radical (unpaired) electrons. The number of esters is 1. The van der Waals surface area contributed by atoms with Gasteiger partial charge in [-0.3, -0.25) is 4.79 Å². The van der Waals surface area contributed by atoms with Crippen LogP contribution in [0.3, 0.4) is 0 Å². The largest absolute Gasteiger partial charge is 0.497 e. The third kappa shape index (κ3) is 13.4. The average Bonchev–Trinajstić information content (AvgIpc) is 2.81. The van der Waals surface area contributed by atoms with E-state index in [0.29, 0.717) is 39.1 Å². The minimum absolute atomic E-state index is 0.0316. The molecule has 0 aliphatic rings. The Kier molecular flexibility index (Phi) is 15.4. The van der Waals surface area contributed by atoms with Gasteiger partial charge in [0.05, 0.1) is 51.3 Å². The van der Waals surface area contributed by atoms with Gasteiger partial charge in [-0.2, -0.15) is 0 Å². The van der Waals surface area contributed by atoms with Crippen LogP contribution in [-0.2, 0) is 35.1 Å². The molecule has 1 rings (SSSR count). The van der Waals surface area contributed by atoms with Crippen molar-refractivity contribution in [3.63, 3.8) is 0 Å². The Bertz CT molecular complexity index is 646. The standard InChI is InChI=1S/C25H40O8/c1-6-22(31-17-21-8-11-23(29-5)12-9-21)10-7-19(2)33-25(27)14-13-24(20(3)26)32-18-30-16-15-28-4/h6,8-9,11-12,19-20,22,24,26H,1,7,10,13-18H2,2-5H3/t19-,20-,22+,24-/m1/s1. The second kappa shape index (κ2) is 17.5. The molecule has 0 saturated heterocycles. The molecule has 0 aliphatic heterocycles. The minimum atomic E-state index is -0.725. The highest BCUT2D eigenvalue weighted by Gasteiger charge is 2.19. The summed E-state index contributed by atoms with van der Waals surface area (Å²) < 4.78 is 32.2. The highest BCUT2D eigenvalue weighted by atomic mass is 16.7. The highest BCUT2D eigenvalue weighted by molar-refractivity contribution is 5.69. The number of carbonyl (C=O) groups is 1. The lowest BCUT2D eigenvalue weighted by Gasteiger charge is -2.21. The molecule has 0 fully saturated rings. The monoisotopic (exact) mass is 468 g/mol. The van der Waals surface area contributed by atoms with Gasteiger partial charge in [-0.15, -0.1) is 6.58 Å². The summed E-state index contributed by atoms with van der Waals surface area (Å²) in [6.07, 6.45) is 1.96. The Labute approximate surface area is 197 Å². The van der Waals surface area contributed by atoms with Gasteiger partial charge < -0.3 is 33.5 Å². The van der Waals surface area contributed by atoms with Gasteiger partial charge in [0.2, 0.25) is 0 Å². The maximum Gasteiger partial charge on any atom is 0.306 e. The molecule has 0 aromatic heterocycles. The average molecular weight is 469 g/mol. The first kappa shape index (κ1) is 29.1. The number of hydrogen-bond donors (Lipinski definition) is 1. The molecule has 1 aromatic carbocycles. The smallest absolute Gasteiger partial charge is 0.306 e. The van der Waals surface area contributed by atoms with E-state index in [0.717, 1.165) is 11.3 Å². The molecule has 1 N–H and O–H groups in total. The number of methoxy groups -OCH3 is 2. The van der Waals surface area contributed by atoms with Gasteiger partial charge >= 0.3 is 5.97 Å². The normalized spacial score (nSPS) is 14.8. The Morgan fingerprint density at radius 2 is 1.79 bits per heavy atom. The van der Waals surface area contributed by atoms with E-state index >= 15 is 0 Å². The van der Waals surface area contributed by atoms with Crippen LogP contribution in [0.15, 0.2) is 36.9 Å². The molecule has 8 nitrogen and oxygen atoms in total. The first-order valence-electron chi connectivity index (χ1n) is 11.3. The van der Waals surface area contributed by atoms with Crippen LogP contribution in [0.5, 0.6) is 5.75 Å². The van der Waals surface area contributed by atoms with Gasteiger partial charge in [-0.1, -0.05) is 18.2 Å². The summed E-state index contributed by atoms with van der Waals surface area (Å²) in [7, 11) is 3.22. The quantitative estimate of drug-likeness (QED) is 0.142. The van der Waals surface area contributed by atoms with Crippen LogP contribution in [0.1, 0.15) is 45.1 Å². The molecule has 33 heavy (non-hydrogen) atoms. The van der Waals surface area contributed by atoms with E-state index in [1.807, 2.05) is 31.2 Å². The summed E-state index contributed by atoms with van der Waals surface area (Å²) >= 11 is 0. The van der Waals surface area contributed by atoms with Gasteiger partial charge in [0.1, 0.15) is 12.5 Å². The molecule has 0 amide bonds. The Morgan fingerprint density at radius 1 is 1.06 bits per heavy atom. The van der Waals surface area contributed by atoms with Crippen LogP contribution in [0, 0.1) is 0 Å². The van der Waals surface area contributed by atoms with Crippen molar-refractivity contribution in [2.45, 2.75) is 70.6 Å². The number of ether oxygens (including phenoxy) is 6. The fourth-order valence-corrected chi connectivity index (χ4v) is 3.00. The number of aliphatic hydroxyl groups excluding tert-OH is 1. The van der Waals surface area contributed by atoms with Crippen LogP contribution in [0.25, 0.3) is 0 Å². The second-order valence-corrected chi connectivity index (χ2v) is 7.81. The van der Waals surface area contributed by atoms with Gasteiger partial charge in [0, 0.05) is 13.5 Å². The van der Waals surface area contributed by atoms with Crippen molar-refractivity contribution in [3.8, 4) is 5.75 Å². The van der Waals surface area contributed by atoms with E-state index in [4.69, 9.17) is 28.4 Å². The molecule has 0 saturated carbocycles. The fourth-order valence-electron chi connectivity index (χ4n) is 3.00. The van der Waals surface area contributed by atoms with Crippen molar-refractivity contribution in [1.29, 1.82) is 0 Å². The molecule has 0 bridgehead atoms. The summed E-state index contributed by atoms with van der Waals surface area (Å²) in [6, 6.07) is 7.70. The summed E-state index contributed by atoms with van der Waals surface area (Å²) in [5.41, 5.74) is 1.04. The van der Waals surface area contributed by atoms with E-state index in [-0.39, 0.29) is 31.4 Å². The Morgan fingerprint density at radius 3 is 2.39 bits per heavy atom. The number of aliphatic hydroxyl groups is 1. The predicted octanol–water partition coefficient (Wildman–Crippen LogP) is 3.65. The van der Waals surface area contributed by atoms with Crippen molar-refractivity contribution in [1.82, 2.24) is 0 Å². The lowest BCUT2D eigenvalue weighted by molar-refractivity contribution is -0.153. The van der Waals surface area contributed by atoms with Crippen LogP contribution in [0.4, 0.5) is 0 Å². The zero-order valence-corrected chi connectivity index (χ0v) is 20.4. The van der Waals surface area contributed by atoms with Crippen LogP contribution in [-0.4, -0.2) is 69.7 Å². The molecular formula is C25H40O8. The minimum Gasteiger partial charge on any atom is -0.497 e. The van der Waals surface area contributed by atoms with Crippen molar-refractivity contribution in [3.05, 3.63) is 42.5 Å². The van der Waals surface area contributed by atoms with Gasteiger partial charge in [0.25, 0.3) is 0 Å². The van der Waals surface area contributed by atoms with Crippen molar-refractivity contribution >= 4 is 5.97 Å². The predicted molar refractivity (Wildman–Crippen MR) is 125 cm³/mol. The Hall–Kier alpha value is -1.97. The van der Waals surface area contributed by atoms with Crippen LogP contribution in [0.2, 0.25) is 0 Å². The summed E-state index contributed by atoms with van der Waals surface area (Å²) in [5, 5.41) is 9.85. The molecular weight excluding hydrogens is 428 g/mol. The fraction of sp³-hybridized carbons (Fsp3) is 0.640. The van der Waals surface area contributed by atoms with E-state index in [2.05, 4.69) is 6.58 Å². The van der Waals surface area contributed by atoms with Gasteiger partial charge in [0.15, 0.2) is 0 Å². The maximum atomic E-state index is 12.2. The van der Waals surface area contributed by atoms with Crippen molar-refractivity contribution in [2.24, 2.45) is 0 Å². The first-order chi connectivity index (χ1) is 15.9. The molecule has 0 spiro atoms. The topological polar surface area (TPSA) is 92.7 Å². The molecule has 1 aromatic rings. The molecule has 4 atom stereocenters. The summed E-state index contributed by atoms with van der Waals surface area (Å²) in [6.45, 7) is 8.67. The number of carbonyl (C=O) groups excluding carboxylic acids is 1. The second-order valence-electron chi connectivity index (χ2n) is 7.81. The zero-order valence-electron chi connectivity index (χ0n) is 20.4. The molecule has 0 unspecified atom stereocenters. The number of hydrogen-bond acceptors (Lipinski definition) is 8. The molecule has 0 heterocycles. The van der Waals surface area contributed by atoms with E-state index < -0.39 is 12.2 Å². The number of benzene rings is 1. The van der Waals surface area contributed by atoms with E-state index in [9.17, 15) is 9.90 Å². The van der Waals surface area contributed by atoms with Crippen LogP contribution >= 0.6 is 0 Å². The zero-order chi connectivity index (χ0) is 24.5. The molecule has 0 aliphatic carbocycles. The van der Waals surface area contributed by atoms with Gasteiger partial charge in [-0.25, -0.2) is 0 Å². The third-order valence-electron chi connectivity index (χ3n) is 5.04. The SMILES string of the molecule is C=C[C@@H](CC[C@@H](C)OC(=O)CC[C@@H](OCOCCOC)[C@@H](C)O)OCc1ccc(OC)cc1. The maximum absolute atomic E-state index is 12.2. The van der Waals surface area contributed by atoms with Crippen molar-refractivity contribution < 1.29 is 38.3 Å². The lowest BCUT2D eigenvalue weighted by Crippen LogP contribution is -2.29. The summed E-state index contributed by atoms with van der Waals surface area (Å²) in [4.78, 5) is 12.2. The molecule has 188 valence electrons. The van der Waals surface area contributed by atoms with Crippen LogP contribution < -0.4 is 4.74 Å². The Balaban J connectivity index is 2.29. The summed E-state index contributed by atoms with van der Waals surface area (Å²) in [5.74, 6) is 0.475.